The number of sulfonamides is 1. The minimum absolute atomic E-state index is 0.0389. The molecule has 0 spiro atoms. The molecule has 0 radical (unpaired) electrons. The van der Waals surface area contributed by atoms with Crippen molar-refractivity contribution in [3.63, 3.8) is 0 Å². The van der Waals surface area contributed by atoms with Crippen molar-refractivity contribution in [2.24, 2.45) is 5.92 Å². The summed E-state index contributed by atoms with van der Waals surface area (Å²) in [6, 6.07) is 2.23. The van der Waals surface area contributed by atoms with E-state index in [0.29, 0.717) is 0 Å². The lowest BCUT2D eigenvalue weighted by molar-refractivity contribution is -0.385. The molecule has 0 amide bonds. The van der Waals surface area contributed by atoms with Gasteiger partial charge in [-0.15, -0.1) is 0 Å². The Labute approximate surface area is 121 Å². The molecule has 1 N–H and O–H groups in total. The van der Waals surface area contributed by atoms with E-state index < -0.39 is 14.9 Å². The lowest BCUT2D eigenvalue weighted by Gasteiger charge is -2.36. The van der Waals surface area contributed by atoms with Crippen LogP contribution in [0.1, 0.15) is 5.56 Å². The largest absolute Gasteiger partial charge is 0.396 e. The SMILES string of the molecule is Cc1c(Cl)cc(S(=O)(=O)N2CC(CO)C2)cc1[N+](=O)[O-]. The molecular formula is C11H13ClN2O5S. The maximum absolute atomic E-state index is 12.3. The van der Waals surface area contributed by atoms with Crippen molar-refractivity contribution in [2.75, 3.05) is 19.7 Å². The summed E-state index contributed by atoms with van der Waals surface area (Å²) in [5.41, 5.74) is -0.0947. The fourth-order valence-electron chi connectivity index (χ4n) is 1.96. The standard InChI is InChI=1S/C11H13ClN2O5S/c1-7-10(12)2-9(3-11(7)14(16)17)20(18,19)13-4-8(5-13)6-15/h2-3,8,15H,4-6H2,1H3. The maximum atomic E-state index is 12.3. The van der Waals surface area contributed by atoms with Gasteiger partial charge in [-0.05, 0) is 13.0 Å². The summed E-state index contributed by atoms with van der Waals surface area (Å²) in [6.07, 6.45) is 0. The number of rotatable bonds is 4. The van der Waals surface area contributed by atoms with Crippen LogP contribution in [-0.2, 0) is 10.0 Å². The summed E-state index contributed by atoms with van der Waals surface area (Å²) in [4.78, 5) is 10.1. The van der Waals surface area contributed by atoms with Gasteiger partial charge >= 0.3 is 0 Å². The number of hydrogen-bond donors (Lipinski definition) is 1. The van der Waals surface area contributed by atoms with Gasteiger partial charge < -0.3 is 5.11 Å². The number of nitrogens with zero attached hydrogens (tertiary/aromatic N) is 2. The molecule has 0 bridgehead atoms. The molecule has 0 aliphatic carbocycles. The third-order valence-corrected chi connectivity index (χ3v) is 5.51. The fraction of sp³-hybridized carbons (Fsp3) is 0.455. The molecule has 1 aromatic rings. The summed E-state index contributed by atoms with van der Waals surface area (Å²) in [6.45, 7) is 1.79. The number of hydrogen-bond acceptors (Lipinski definition) is 5. The zero-order chi connectivity index (χ0) is 15.1. The molecule has 0 unspecified atom stereocenters. The fourth-order valence-corrected chi connectivity index (χ4v) is 3.88. The highest BCUT2D eigenvalue weighted by molar-refractivity contribution is 7.89. The third kappa shape index (κ3) is 2.51. The molecule has 1 aliphatic rings. The summed E-state index contributed by atoms with van der Waals surface area (Å²) in [7, 11) is -3.81. The molecule has 0 aromatic heterocycles. The Morgan fingerprint density at radius 1 is 1.50 bits per heavy atom. The van der Waals surface area contributed by atoms with Gasteiger partial charge in [0.15, 0.2) is 0 Å². The average Bonchev–Trinajstić information content (AvgIpc) is 2.30. The first kappa shape index (κ1) is 15.2. The van der Waals surface area contributed by atoms with Crippen molar-refractivity contribution in [2.45, 2.75) is 11.8 Å². The van der Waals surface area contributed by atoms with Crippen molar-refractivity contribution >= 4 is 27.3 Å². The first-order valence-corrected chi connectivity index (χ1v) is 7.64. The zero-order valence-corrected chi connectivity index (χ0v) is 12.2. The molecule has 7 nitrogen and oxygen atoms in total. The Balaban J connectivity index is 2.41. The molecule has 110 valence electrons. The van der Waals surface area contributed by atoms with Crippen LogP contribution in [0.25, 0.3) is 0 Å². The lowest BCUT2D eigenvalue weighted by atomic mass is 10.1. The molecule has 1 aromatic carbocycles. The second-order valence-electron chi connectivity index (χ2n) is 4.68. The van der Waals surface area contributed by atoms with Crippen LogP contribution in [0, 0.1) is 23.0 Å². The molecule has 0 atom stereocenters. The van der Waals surface area contributed by atoms with Gasteiger partial charge in [0.2, 0.25) is 10.0 Å². The monoisotopic (exact) mass is 320 g/mol. The van der Waals surface area contributed by atoms with Crippen molar-refractivity contribution in [3.8, 4) is 0 Å². The van der Waals surface area contributed by atoms with Crippen LogP contribution in [0.2, 0.25) is 5.02 Å². The van der Waals surface area contributed by atoms with Crippen LogP contribution in [0.5, 0.6) is 0 Å². The topological polar surface area (TPSA) is 101 Å². The van der Waals surface area contributed by atoms with E-state index in [-0.39, 0.29) is 46.8 Å². The van der Waals surface area contributed by atoms with Crippen molar-refractivity contribution in [1.29, 1.82) is 0 Å². The Morgan fingerprint density at radius 2 is 2.10 bits per heavy atom. The van der Waals surface area contributed by atoms with Gasteiger partial charge in [-0.3, -0.25) is 10.1 Å². The first-order valence-electron chi connectivity index (χ1n) is 5.83. The predicted molar refractivity (Wildman–Crippen MR) is 72.2 cm³/mol. The number of benzene rings is 1. The van der Waals surface area contributed by atoms with Crippen LogP contribution < -0.4 is 0 Å². The lowest BCUT2D eigenvalue weighted by Crippen LogP contribution is -2.51. The second kappa shape index (κ2) is 5.28. The maximum Gasteiger partial charge on any atom is 0.275 e. The molecular weight excluding hydrogens is 308 g/mol. The highest BCUT2D eigenvalue weighted by atomic mass is 35.5. The van der Waals surface area contributed by atoms with Gasteiger partial charge in [-0.25, -0.2) is 8.42 Å². The molecule has 2 rings (SSSR count). The van der Waals surface area contributed by atoms with E-state index in [9.17, 15) is 18.5 Å². The quantitative estimate of drug-likeness (QED) is 0.663. The van der Waals surface area contributed by atoms with Crippen LogP contribution in [0.15, 0.2) is 17.0 Å². The third-order valence-electron chi connectivity index (χ3n) is 3.31. The minimum Gasteiger partial charge on any atom is -0.396 e. The Kier molecular flexibility index (Phi) is 4.01. The Morgan fingerprint density at radius 3 is 2.60 bits per heavy atom. The number of nitro benzene ring substituents is 1. The van der Waals surface area contributed by atoms with Crippen LogP contribution >= 0.6 is 11.6 Å². The smallest absolute Gasteiger partial charge is 0.275 e. The summed E-state index contributed by atoms with van der Waals surface area (Å²) in [5, 5.41) is 19.9. The minimum atomic E-state index is -3.81. The van der Waals surface area contributed by atoms with Crippen LogP contribution in [0.4, 0.5) is 5.69 Å². The molecule has 9 heteroatoms. The molecule has 1 fully saturated rings. The van der Waals surface area contributed by atoms with Crippen molar-refractivity contribution in [3.05, 3.63) is 32.8 Å². The Bertz CT molecular complexity index is 655. The van der Waals surface area contributed by atoms with Crippen LogP contribution in [0.3, 0.4) is 0 Å². The molecule has 1 saturated heterocycles. The zero-order valence-electron chi connectivity index (χ0n) is 10.6. The number of aliphatic hydroxyl groups excluding tert-OH is 1. The highest BCUT2D eigenvalue weighted by Gasteiger charge is 2.37. The van der Waals surface area contributed by atoms with Crippen LogP contribution in [-0.4, -0.2) is 42.4 Å². The van der Waals surface area contributed by atoms with E-state index in [4.69, 9.17) is 16.7 Å². The summed E-state index contributed by atoms with van der Waals surface area (Å²) in [5.74, 6) is -0.0827. The van der Waals surface area contributed by atoms with E-state index >= 15 is 0 Å². The van der Waals surface area contributed by atoms with E-state index in [2.05, 4.69) is 0 Å². The van der Waals surface area contributed by atoms with E-state index in [1.807, 2.05) is 0 Å². The van der Waals surface area contributed by atoms with Gasteiger partial charge in [0, 0.05) is 37.2 Å². The number of nitro groups is 1. The number of halogens is 1. The van der Waals surface area contributed by atoms with E-state index in [1.165, 1.54) is 17.3 Å². The van der Waals surface area contributed by atoms with E-state index in [0.717, 1.165) is 6.07 Å². The average molecular weight is 321 g/mol. The number of aliphatic hydroxyl groups is 1. The van der Waals surface area contributed by atoms with Gasteiger partial charge in [0.25, 0.3) is 5.69 Å². The normalized spacial score (nSPS) is 16.9. The molecule has 1 aliphatic heterocycles. The molecule has 20 heavy (non-hydrogen) atoms. The summed E-state index contributed by atoms with van der Waals surface area (Å²) < 4.78 is 25.7. The van der Waals surface area contributed by atoms with Gasteiger partial charge in [-0.2, -0.15) is 4.31 Å². The van der Waals surface area contributed by atoms with Gasteiger partial charge in [0.05, 0.1) is 14.8 Å². The second-order valence-corrected chi connectivity index (χ2v) is 7.02. The van der Waals surface area contributed by atoms with Crippen molar-refractivity contribution < 1.29 is 18.4 Å². The molecule has 0 saturated carbocycles. The van der Waals surface area contributed by atoms with Crippen molar-refractivity contribution in [1.82, 2.24) is 4.31 Å². The highest BCUT2D eigenvalue weighted by Crippen LogP contribution is 2.32. The summed E-state index contributed by atoms with van der Waals surface area (Å²) >= 11 is 5.86. The Hall–Kier alpha value is -1.22. The first-order chi connectivity index (χ1) is 9.27. The predicted octanol–water partition coefficient (Wildman–Crippen LogP) is 1.17. The van der Waals surface area contributed by atoms with Gasteiger partial charge in [-0.1, -0.05) is 11.6 Å². The van der Waals surface area contributed by atoms with E-state index in [1.54, 1.807) is 0 Å². The van der Waals surface area contributed by atoms with Gasteiger partial charge in [0.1, 0.15) is 0 Å². The molecule has 1 heterocycles.